The van der Waals surface area contributed by atoms with Crippen molar-refractivity contribution >= 4 is 47.0 Å². The number of nitrogens with zero attached hydrogens (tertiary/aromatic N) is 2. The molecule has 2 aromatic carbocycles. The number of carbonyl (C=O) groups is 4. The first-order chi connectivity index (χ1) is 19.9. The van der Waals surface area contributed by atoms with Crippen LogP contribution in [0.2, 0.25) is 10.0 Å². The van der Waals surface area contributed by atoms with Crippen LogP contribution in [-0.2, 0) is 39.9 Å². The summed E-state index contributed by atoms with van der Waals surface area (Å²) in [5, 5.41) is 11.4. The smallest absolute Gasteiger partial charge is 0.411 e. The second-order valence-electron chi connectivity index (χ2n) is 11.0. The number of aliphatic hydroxyl groups is 1. The van der Waals surface area contributed by atoms with Crippen molar-refractivity contribution in [3.8, 4) is 0 Å². The molecule has 0 aliphatic carbocycles. The predicted molar refractivity (Wildman–Crippen MR) is 144 cm³/mol. The molecule has 0 aromatic heterocycles. The number of hydrogen-bond donors (Lipinski definition) is 1. The third-order valence-corrected chi connectivity index (χ3v) is 8.46. The van der Waals surface area contributed by atoms with Gasteiger partial charge >= 0.3 is 23.8 Å². The van der Waals surface area contributed by atoms with Crippen LogP contribution in [0.25, 0.3) is 0 Å². The third-order valence-electron chi connectivity index (χ3n) is 8.03. The molecule has 4 aliphatic heterocycles. The van der Waals surface area contributed by atoms with Crippen molar-refractivity contribution in [3.05, 3.63) is 80.9 Å². The van der Waals surface area contributed by atoms with Gasteiger partial charge < -0.3 is 24.2 Å². The summed E-state index contributed by atoms with van der Waals surface area (Å²) in [6.45, 7) is 1.87. The summed E-state index contributed by atoms with van der Waals surface area (Å²) in [6.07, 6.45) is -0.645. The number of hydrogen-bond acceptors (Lipinski definition) is 9. The number of benzene rings is 2. The molecule has 13 heteroatoms. The van der Waals surface area contributed by atoms with E-state index < -0.39 is 53.9 Å². The molecule has 2 aromatic rings. The van der Waals surface area contributed by atoms with Gasteiger partial charge in [0.1, 0.15) is 5.82 Å². The Morgan fingerprint density at radius 1 is 1.00 bits per heavy atom. The van der Waals surface area contributed by atoms with E-state index in [9.17, 15) is 28.7 Å². The van der Waals surface area contributed by atoms with Crippen molar-refractivity contribution in [2.24, 2.45) is 0 Å². The fourth-order valence-electron chi connectivity index (χ4n) is 6.07. The molecule has 4 unspecified atom stereocenters. The van der Waals surface area contributed by atoms with Crippen LogP contribution in [0.5, 0.6) is 0 Å². The third kappa shape index (κ3) is 4.79. The van der Waals surface area contributed by atoms with Gasteiger partial charge in [-0.2, -0.15) is 0 Å². The van der Waals surface area contributed by atoms with Crippen molar-refractivity contribution < 1.29 is 42.9 Å². The second kappa shape index (κ2) is 10.3. The fraction of sp³-hybridized carbons (Fsp3) is 0.379. The maximum atomic E-state index is 14.3. The standard InChI is InChI=1S/C29H25Cl2FN2O8/c1-15-8-18(17-2-4-21(32)5-3-17)6-7-33(15)24-25-29(34(26(24)37)14-16-9-19(30)11-20(31)10-16)41-23(36)13-28(39,27(38)42-29)12-22(35)40-25/h2-5,9-11,15,18,39H,6-8,12-14H2,1H3. The molecule has 3 fully saturated rings. The Balaban J connectivity index is 1.44. The average molecular weight is 619 g/mol. The largest absolute Gasteiger partial charge is 0.418 e. The Morgan fingerprint density at radius 2 is 1.67 bits per heavy atom. The van der Waals surface area contributed by atoms with Crippen LogP contribution in [0.1, 0.15) is 49.7 Å². The summed E-state index contributed by atoms with van der Waals surface area (Å²) < 4.78 is 30.4. The number of amides is 1. The van der Waals surface area contributed by atoms with E-state index in [1.807, 2.05) is 6.92 Å². The van der Waals surface area contributed by atoms with E-state index in [-0.39, 0.29) is 40.1 Å². The van der Waals surface area contributed by atoms with Crippen LogP contribution in [0.4, 0.5) is 4.39 Å². The number of likely N-dealkylation sites (tertiary alicyclic amines) is 1. The normalized spacial score (nSPS) is 29.5. The highest BCUT2D eigenvalue weighted by Crippen LogP contribution is 2.48. The first kappa shape index (κ1) is 28.4. The zero-order valence-electron chi connectivity index (χ0n) is 22.3. The minimum absolute atomic E-state index is 0.0565. The molecule has 42 heavy (non-hydrogen) atoms. The number of esters is 3. The zero-order valence-corrected chi connectivity index (χ0v) is 23.8. The average Bonchev–Trinajstić information content (AvgIpc) is 3.04. The summed E-state index contributed by atoms with van der Waals surface area (Å²) in [7, 11) is 0. The van der Waals surface area contributed by atoms with Gasteiger partial charge in [0, 0.05) is 22.6 Å². The summed E-state index contributed by atoms with van der Waals surface area (Å²) in [4.78, 5) is 56.2. The molecule has 1 amide bonds. The zero-order chi connectivity index (χ0) is 30.0. The molecule has 0 radical (unpaired) electrons. The lowest BCUT2D eigenvalue weighted by molar-refractivity contribution is -0.272. The lowest BCUT2D eigenvalue weighted by atomic mass is 9.85. The minimum atomic E-state index is -2.61. The Labute approximate surface area is 249 Å². The quantitative estimate of drug-likeness (QED) is 0.510. The number of rotatable bonds is 4. The van der Waals surface area contributed by atoms with Gasteiger partial charge in [0.05, 0.1) is 19.4 Å². The van der Waals surface area contributed by atoms with Gasteiger partial charge in [0.25, 0.3) is 5.91 Å². The summed E-state index contributed by atoms with van der Waals surface area (Å²) in [5.74, 6) is -7.54. The minimum Gasteiger partial charge on any atom is -0.418 e. The lowest BCUT2D eigenvalue weighted by Crippen LogP contribution is -2.56. The lowest BCUT2D eigenvalue weighted by Gasteiger charge is -2.39. The van der Waals surface area contributed by atoms with Crippen molar-refractivity contribution in [1.29, 1.82) is 0 Å². The van der Waals surface area contributed by atoms with Gasteiger partial charge in [0.15, 0.2) is 11.3 Å². The van der Waals surface area contributed by atoms with E-state index in [0.717, 1.165) is 10.5 Å². The molecule has 4 heterocycles. The number of halogens is 3. The topological polar surface area (TPSA) is 123 Å². The highest BCUT2D eigenvalue weighted by Gasteiger charge is 2.67. The van der Waals surface area contributed by atoms with E-state index in [0.29, 0.717) is 24.9 Å². The Hall–Kier alpha value is -3.67. The highest BCUT2D eigenvalue weighted by molar-refractivity contribution is 6.34. The molecule has 10 nitrogen and oxygen atoms in total. The van der Waals surface area contributed by atoms with Crippen LogP contribution < -0.4 is 0 Å². The molecule has 1 spiro atoms. The van der Waals surface area contributed by atoms with Crippen LogP contribution in [0.3, 0.4) is 0 Å². The van der Waals surface area contributed by atoms with Gasteiger partial charge in [-0.15, -0.1) is 0 Å². The molecule has 6 rings (SSSR count). The summed E-state index contributed by atoms with van der Waals surface area (Å²) in [5.41, 5.74) is -1.31. The first-order valence-corrected chi connectivity index (χ1v) is 14.1. The molecular weight excluding hydrogens is 594 g/mol. The van der Waals surface area contributed by atoms with Crippen LogP contribution >= 0.6 is 23.2 Å². The van der Waals surface area contributed by atoms with E-state index >= 15 is 0 Å². The molecule has 0 saturated carbocycles. The van der Waals surface area contributed by atoms with Gasteiger partial charge in [-0.3, -0.25) is 19.3 Å². The summed E-state index contributed by atoms with van der Waals surface area (Å²) in [6, 6.07) is 10.5. The van der Waals surface area contributed by atoms with Gasteiger partial charge in [-0.1, -0.05) is 35.3 Å². The maximum absolute atomic E-state index is 14.3. The van der Waals surface area contributed by atoms with Crippen LogP contribution in [-0.4, -0.2) is 62.8 Å². The predicted octanol–water partition coefficient (Wildman–Crippen LogP) is 3.78. The van der Waals surface area contributed by atoms with E-state index in [1.165, 1.54) is 30.3 Å². The van der Waals surface area contributed by atoms with Gasteiger partial charge in [-0.05, 0) is 67.1 Å². The van der Waals surface area contributed by atoms with E-state index in [2.05, 4.69) is 0 Å². The molecule has 1 N–H and O–H groups in total. The van der Waals surface area contributed by atoms with Crippen molar-refractivity contribution in [2.75, 3.05) is 6.54 Å². The molecular formula is C29H25Cl2FN2O8. The maximum Gasteiger partial charge on any atom is 0.411 e. The first-order valence-electron chi connectivity index (χ1n) is 13.3. The number of piperidine rings is 1. The van der Waals surface area contributed by atoms with Crippen LogP contribution in [0.15, 0.2) is 53.9 Å². The van der Waals surface area contributed by atoms with Gasteiger partial charge in [0.2, 0.25) is 5.76 Å². The van der Waals surface area contributed by atoms with E-state index in [1.54, 1.807) is 17.0 Å². The van der Waals surface area contributed by atoms with Crippen molar-refractivity contribution in [1.82, 2.24) is 9.80 Å². The van der Waals surface area contributed by atoms with Crippen molar-refractivity contribution in [3.63, 3.8) is 0 Å². The van der Waals surface area contributed by atoms with Crippen LogP contribution in [0, 0.1) is 5.82 Å². The monoisotopic (exact) mass is 618 g/mol. The Morgan fingerprint density at radius 3 is 2.33 bits per heavy atom. The second-order valence-corrected chi connectivity index (χ2v) is 11.8. The summed E-state index contributed by atoms with van der Waals surface area (Å²) >= 11 is 12.4. The molecule has 4 aliphatic rings. The van der Waals surface area contributed by atoms with Gasteiger partial charge in [-0.25, -0.2) is 9.18 Å². The van der Waals surface area contributed by atoms with E-state index in [4.69, 9.17) is 37.4 Å². The molecule has 220 valence electrons. The molecule has 3 saturated heterocycles. The SMILES string of the molecule is CC1CC(c2ccc(F)cc2)CCN1C1=C2OC(=O)CC3(O)CC(=O)OC2(OC3=O)N(Cc2cc(Cl)cc(Cl)c2)C1=O. The number of carbonyl (C=O) groups excluding carboxylic acids is 4. The number of ether oxygens (including phenoxy) is 3. The Bertz CT molecular complexity index is 1530. The molecule has 4 atom stereocenters. The molecule has 2 bridgehead atoms. The highest BCUT2D eigenvalue weighted by atomic mass is 35.5. The number of fused-ring (bicyclic) bond motifs is 2. The Kier molecular flexibility index (Phi) is 6.94. The fourth-order valence-corrected chi connectivity index (χ4v) is 6.64. The van der Waals surface area contributed by atoms with Crippen molar-refractivity contribution in [2.45, 2.75) is 62.6 Å².